The maximum atomic E-state index is 9.56. The van der Waals surface area contributed by atoms with Gasteiger partial charge in [0.25, 0.3) is 0 Å². The molecule has 0 heterocycles. The predicted molar refractivity (Wildman–Crippen MR) is 62.8 cm³/mol. The fourth-order valence-electron chi connectivity index (χ4n) is 1.08. The largest absolute Gasteiger partial charge is 0.497 e. The zero-order valence-electron chi connectivity index (χ0n) is 9.17. The Bertz CT molecular complexity index is 334. The summed E-state index contributed by atoms with van der Waals surface area (Å²) < 4.78 is 5.08. The molecule has 0 fully saturated rings. The third kappa shape index (κ3) is 3.98. The zero-order chi connectivity index (χ0) is 11.5. The lowest BCUT2D eigenvalue weighted by molar-refractivity contribution is 0.0945. The Balaban J connectivity index is 2.75. The molecule has 3 nitrogen and oxygen atoms in total. The summed E-state index contributed by atoms with van der Waals surface area (Å²) in [5, 5.41) is 13.2. The molecule has 0 spiro atoms. The van der Waals surface area contributed by atoms with Crippen molar-refractivity contribution in [1.29, 1.82) is 0 Å². The maximum absolute atomic E-state index is 9.56. The van der Waals surface area contributed by atoms with Crippen LogP contribution in [0.2, 0.25) is 5.02 Å². The van der Waals surface area contributed by atoms with Gasteiger partial charge in [0, 0.05) is 12.6 Å². The van der Waals surface area contributed by atoms with Gasteiger partial charge in [0.2, 0.25) is 0 Å². The van der Waals surface area contributed by atoms with Crippen molar-refractivity contribution < 1.29 is 9.84 Å². The third-order valence-corrected chi connectivity index (χ3v) is 2.21. The first-order valence-electron chi connectivity index (χ1n) is 4.72. The lowest BCUT2D eigenvalue weighted by Gasteiger charge is -2.19. The second kappa shape index (κ2) is 4.73. The van der Waals surface area contributed by atoms with Gasteiger partial charge in [-0.3, -0.25) is 0 Å². The smallest absolute Gasteiger partial charge is 0.121 e. The fourth-order valence-corrected chi connectivity index (χ4v) is 1.26. The van der Waals surface area contributed by atoms with Gasteiger partial charge in [-0.05, 0) is 26.0 Å². The molecule has 15 heavy (non-hydrogen) atoms. The highest BCUT2D eigenvalue weighted by atomic mass is 35.5. The summed E-state index contributed by atoms with van der Waals surface area (Å²) in [6.45, 7) is 3.89. The van der Waals surface area contributed by atoms with Gasteiger partial charge in [-0.1, -0.05) is 11.6 Å². The highest BCUT2D eigenvalue weighted by molar-refractivity contribution is 6.33. The third-order valence-electron chi connectivity index (χ3n) is 1.88. The second-order valence-corrected chi connectivity index (χ2v) is 4.42. The van der Waals surface area contributed by atoms with E-state index in [0.29, 0.717) is 11.6 Å². The van der Waals surface area contributed by atoms with Crippen LogP contribution in [0.15, 0.2) is 18.2 Å². The van der Waals surface area contributed by atoms with Gasteiger partial charge in [0.05, 0.1) is 23.4 Å². The van der Waals surface area contributed by atoms with E-state index in [4.69, 9.17) is 16.3 Å². The van der Waals surface area contributed by atoms with Crippen LogP contribution >= 0.6 is 11.6 Å². The van der Waals surface area contributed by atoms with Crippen molar-refractivity contribution in [3.63, 3.8) is 0 Å². The van der Waals surface area contributed by atoms with Crippen molar-refractivity contribution in [1.82, 2.24) is 0 Å². The van der Waals surface area contributed by atoms with Crippen molar-refractivity contribution in [3.05, 3.63) is 23.2 Å². The van der Waals surface area contributed by atoms with Crippen LogP contribution in [0.4, 0.5) is 5.69 Å². The van der Waals surface area contributed by atoms with Crippen LogP contribution in [0.25, 0.3) is 0 Å². The molecular weight excluding hydrogens is 214 g/mol. The fraction of sp³-hybridized carbons (Fsp3) is 0.455. The van der Waals surface area contributed by atoms with E-state index in [1.165, 1.54) is 0 Å². The molecule has 0 radical (unpaired) electrons. The molecule has 1 aromatic rings. The molecule has 2 N–H and O–H groups in total. The molecule has 0 atom stereocenters. The summed E-state index contributed by atoms with van der Waals surface area (Å²) in [4.78, 5) is 0. The summed E-state index contributed by atoms with van der Waals surface area (Å²) in [6.07, 6.45) is 0. The van der Waals surface area contributed by atoms with Crippen molar-refractivity contribution in [3.8, 4) is 5.75 Å². The molecule has 0 bridgehead atoms. The van der Waals surface area contributed by atoms with Gasteiger partial charge in [-0.2, -0.15) is 0 Å². The Labute approximate surface area is 95.0 Å². The minimum Gasteiger partial charge on any atom is -0.497 e. The van der Waals surface area contributed by atoms with Crippen LogP contribution in [-0.2, 0) is 0 Å². The Morgan fingerprint density at radius 2 is 2.13 bits per heavy atom. The molecule has 0 saturated heterocycles. The molecule has 0 saturated carbocycles. The van der Waals surface area contributed by atoms with Gasteiger partial charge in [-0.25, -0.2) is 0 Å². The molecule has 1 aromatic carbocycles. The number of rotatable bonds is 4. The molecular formula is C11H16ClNO2. The molecule has 0 aliphatic carbocycles. The van der Waals surface area contributed by atoms with Crippen molar-refractivity contribution in [2.75, 3.05) is 19.0 Å². The highest BCUT2D eigenvalue weighted by Gasteiger charge is 2.12. The van der Waals surface area contributed by atoms with Crippen molar-refractivity contribution in [2.24, 2.45) is 0 Å². The molecule has 0 aliphatic heterocycles. The Hall–Kier alpha value is -0.930. The summed E-state index contributed by atoms with van der Waals surface area (Å²) in [5.41, 5.74) is -0.00925. The SMILES string of the molecule is COc1ccc(Cl)c(NCC(C)(C)O)c1. The van der Waals surface area contributed by atoms with Gasteiger partial charge in [0.15, 0.2) is 0 Å². The first-order chi connectivity index (χ1) is 6.92. The molecule has 0 unspecified atom stereocenters. The average Bonchev–Trinajstić information content (AvgIpc) is 2.15. The van der Waals surface area contributed by atoms with Crippen molar-refractivity contribution >= 4 is 17.3 Å². The van der Waals surface area contributed by atoms with E-state index in [1.807, 2.05) is 0 Å². The number of methoxy groups -OCH3 is 1. The van der Waals surface area contributed by atoms with Gasteiger partial charge >= 0.3 is 0 Å². The number of ether oxygens (including phenoxy) is 1. The Kier molecular flexibility index (Phi) is 3.83. The first kappa shape index (κ1) is 12.1. The van der Waals surface area contributed by atoms with Gasteiger partial charge in [-0.15, -0.1) is 0 Å². The minimum absolute atomic E-state index is 0.430. The van der Waals surface area contributed by atoms with Gasteiger partial charge < -0.3 is 15.2 Å². The van der Waals surface area contributed by atoms with E-state index >= 15 is 0 Å². The number of benzene rings is 1. The van der Waals surface area contributed by atoms with E-state index < -0.39 is 5.60 Å². The number of halogens is 1. The van der Waals surface area contributed by atoms with E-state index in [-0.39, 0.29) is 0 Å². The average molecular weight is 230 g/mol. The van der Waals surface area contributed by atoms with Crippen LogP contribution in [0, 0.1) is 0 Å². The number of aliphatic hydroxyl groups is 1. The Morgan fingerprint density at radius 1 is 1.47 bits per heavy atom. The van der Waals surface area contributed by atoms with Crippen LogP contribution in [0.3, 0.4) is 0 Å². The van der Waals surface area contributed by atoms with E-state index in [2.05, 4.69) is 5.32 Å². The van der Waals surface area contributed by atoms with Crippen LogP contribution < -0.4 is 10.1 Å². The van der Waals surface area contributed by atoms with E-state index in [1.54, 1.807) is 39.2 Å². The highest BCUT2D eigenvalue weighted by Crippen LogP contribution is 2.26. The molecule has 0 aromatic heterocycles. The first-order valence-corrected chi connectivity index (χ1v) is 5.10. The van der Waals surface area contributed by atoms with E-state index in [0.717, 1.165) is 11.4 Å². The number of hydrogen-bond donors (Lipinski definition) is 2. The molecule has 4 heteroatoms. The molecule has 0 amide bonds. The number of anilines is 1. The van der Waals surface area contributed by atoms with E-state index in [9.17, 15) is 5.11 Å². The van der Waals surface area contributed by atoms with Crippen LogP contribution in [0.1, 0.15) is 13.8 Å². The summed E-state index contributed by atoms with van der Waals surface area (Å²) in [6, 6.07) is 5.35. The molecule has 1 rings (SSSR count). The summed E-state index contributed by atoms with van der Waals surface area (Å²) in [7, 11) is 1.60. The summed E-state index contributed by atoms with van der Waals surface area (Å²) >= 11 is 5.98. The normalized spacial score (nSPS) is 11.3. The Morgan fingerprint density at radius 3 is 2.67 bits per heavy atom. The quantitative estimate of drug-likeness (QED) is 0.834. The lowest BCUT2D eigenvalue weighted by Crippen LogP contribution is -2.29. The van der Waals surface area contributed by atoms with Gasteiger partial charge in [0.1, 0.15) is 5.75 Å². The standard InChI is InChI=1S/C11H16ClNO2/c1-11(2,14)7-13-10-6-8(15-3)4-5-9(10)12/h4-6,13-14H,7H2,1-3H3. The molecule has 0 aliphatic rings. The topological polar surface area (TPSA) is 41.5 Å². The lowest BCUT2D eigenvalue weighted by atomic mass is 10.1. The predicted octanol–water partition coefficient (Wildman–Crippen LogP) is 2.53. The van der Waals surface area contributed by atoms with Crippen molar-refractivity contribution in [2.45, 2.75) is 19.4 Å². The zero-order valence-corrected chi connectivity index (χ0v) is 9.93. The monoisotopic (exact) mass is 229 g/mol. The number of nitrogens with one attached hydrogen (secondary N) is 1. The molecule has 84 valence electrons. The number of hydrogen-bond acceptors (Lipinski definition) is 3. The summed E-state index contributed by atoms with van der Waals surface area (Å²) in [5.74, 6) is 0.734. The second-order valence-electron chi connectivity index (χ2n) is 4.01. The van der Waals surface area contributed by atoms with Crippen LogP contribution in [0.5, 0.6) is 5.75 Å². The van der Waals surface area contributed by atoms with Crippen LogP contribution in [-0.4, -0.2) is 24.4 Å². The minimum atomic E-state index is -0.771. The maximum Gasteiger partial charge on any atom is 0.121 e.